The van der Waals surface area contributed by atoms with E-state index in [2.05, 4.69) is 22.2 Å². The molecule has 25 heavy (non-hydrogen) atoms. The first-order valence-corrected chi connectivity index (χ1v) is 8.41. The second kappa shape index (κ2) is 7.75. The molecule has 5 nitrogen and oxygen atoms in total. The van der Waals surface area contributed by atoms with Gasteiger partial charge in [-0.3, -0.25) is 9.78 Å². The van der Waals surface area contributed by atoms with E-state index in [0.29, 0.717) is 12.2 Å². The highest BCUT2D eigenvalue weighted by Gasteiger charge is 2.11. The number of ether oxygens (including phenoxy) is 1. The highest BCUT2D eigenvalue weighted by Crippen LogP contribution is 2.20. The second-order valence-electron chi connectivity index (χ2n) is 5.89. The molecule has 2 heterocycles. The Morgan fingerprint density at radius 3 is 2.88 bits per heavy atom. The van der Waals surface area contributed by atoms with Crippen LogP contribution in [0.3, 0.4) is 0 Å². The molecule has 0 bridgehead atoms. The minimum atomic E-state index is -0.211. The molecule has 1 atom stereocenters. The fraction of sp³-hybridized carbons (Fsp3) is 0.250. The Labute approximate surface area is 147 Å². The van der Waals surface area contributed by atoms with Gasteiger partial charge in [-0.05, 0) is 37.6 Å². The molecule has 0 aliphatic heterocycles. The van der Waals surface area contributed by atoms with Gasteiger partial charge in [-0.15, -0.1) is 0 Å². The average molecular weight is 335 g/mol. The lowest BCUT2D eigenvalue weighted by molar-refractivity contribution is 0.0946. The second-order valence-corrected chi connectivity index (χ2v) is 5.89. The number of nitrogens with zero attached hydrogens (tertiary/aromatic N) is 2. The summed E-state index contributed by atoms with van der Waals surface area (Å²) in [6.45, 7) is 4.50. The van der Waals surface area contributed by atoms with Gasteiger partial charge in [0.05, 0.1) is 11.6 Å². The number of amides is 1. The predicted molar refractivity (Wildman–Crippen MR) is 97.5 cm³/mol. The van der Waals surface area contributed by atoms with Gasteiger partial charge in [0.25, 0.3) is 5.91 Å². The van der Waals surface area contributed by atoms with Gasteiger partial charge in [-0.1, -0.05) is 25.1 Å². The van der Waals surface area contributed by atoms with Crippen molar-refractivity contribution in [2.75, 3.05) is 0 Å². The van der Waals surface area contributed by atoms with E-state index in [9.17, 15) is 4.79 Å². The number of aromatic nitrogens is 2. The van der Waals surface area contributed by atoms with Crippen molar-refractivity contribution in [1.82, 2.24) is 15.3 Å². The summed E-state index contributed by atoms with van der Waals surface area (Å²) in [4.78, 5) is 20.9. The van der Waals surface area contributed by atoms with Gasteiger partial charge in [0, 0.05) is 29.9 Å². The summed E-state index contributed by atoms with van der Waals surface area (Å²) in [5.74, 6) is 0.590. The molecule has 0 saturated heterocycles. The zero-order chi connectivity index (χ0) is 17.6. The van der Waals surface area contributed by atoms with Crippen LogP contribution in [0.25, 0.3) is 10.9 Å². The molecule has 0 spiro atoms. The number of fused-ring (bicyclic) bond motifs is 1. The van der Waals surface area contributed by atoms with Crippen LogP contribution in [0.5, 0.6) is 5.75 Å². The van der Waals surface area contributed by atoms with Crippen molar-refractivity contribution < 1.29 is 9.53 Å². The highest BCUT2D eigenvalue weighted by molar-refractivity contribution is 5.94. The van der Waals surface area contributed by atoms with Gasteiger partial charge in [0.15, 0.2) is 0 Å². The summed E-state index contributed by atoms with van der Waals surface area (Å²) in [6, 6.07) is 13.1. The molecule has 0 saturated carbocycles. The first-order valence-electron chi connectivity index (χ1n) is 8.41. The summed E-state index contributed by atoms with van der Waals surface area (Å²) in [5.41, 5.74) is 2.09. The van der Waals surface area contributed by atoms with Gasteiger partial charge >= 0.3 is 0 Å². The Kier molecular flexibility index (Phi) is 5.23. The fourth-order valence-electron chi connectivity index (χ4n) is 2.42. The number of benzene rings is 1. The normalized spacial score (nSPS) is 11.9. The number of hydrogen-bond acceptors (Lipinski definition) is 4. The molecule has 5 heteroatoms. The third-order valence-electron chi connectivity index (χ3n) is 4.04. The molecule has 1 aromatic carbocycles. The summed E-state index contributed by atoms with van der Waals surface area (Å²) in [6.07, 6.45) is 4.45. The van der Waals surface area contributed by atoms with Crippen molar-refractivity contribution in [3.05, 3.63) is 66.1 Å². The summed E-state index contributed by atoms with van der Waals surface area (Å²) < 4.78 is 5.92. The van der Waals surface area contributed by atoms with Crippen LogP contribution < -0.4 is 10.1 Å². The molecular weight excluding hydrogens is 314 g/mol. The first kappa shape index (κ1) is 16.9. The Bertz CT molecular complexity index is 879. The van der Waals surface area contributed by atoms with Crippen molar-refractivity contribution >= 4 is 16.8 Å². The van der Waals surface area contributed by atoms with Crippen LogP contribution in [-0.4, -0.2) is 22.0 Å². The standard InChI is InChI=1S/C20H21N3O2/c1-3-14(2)25-19-7-5-4-6-16(19)13-22-20(24)18-9-8-15-12-21-11-10-17(15)23-18/h4-12,14H,3,13H2,1-2H3,(H,22,24)/t14-/m1/s1. The molecule has 0 radical (unpaired) electrons. The van der Waals surface area contributed by atoms with Gasteiger partial charge < -0.3 is 10.1 Å². The number of hydrogen-bond donors (Lipinski definition) is 1. The summed E-state index contributed by atoms with van der Waals surface area (Å²) >= 11 is 0. The predicted octanol–water partition coefficient (Wildman–Crippen LogP) is 3.74. The molecule has 0 fully saturated rings. The van der Waals surface area contributed by atoms with Crippen LogP contribution in [0.1, 0.15) is 36.3 Å². The minimum Gasteiger partial charge on any atom is -0.490 e. The van der Waals surface area contributed by atoms with Crippen LogP contribution in [0.2, 0.25) is 0 Å². The number of para-hydroxylation sites is 1. The highest BCUT2D eigenvalue weighted by atomic mass is 16.5. The summed E-state index contributed by atoms with van der Waals surface area (Å²) in [5, 5.41) is 3.82. The maximum absolute atomic E-state index is 12.4. The van der Waals surface area contributed by atoms with Crippen LogP contribution in [0.15, 0.2) is 54.9 Å². The lowest BCUT2D eigenvalue weighted by Crippen LogP contribution is -2.24. The molecule has 0 aliphatic carbocycles. The topological polar surface area (TPSA) is 64.1 Å². The molecule has 1 amide bonds. The number of carbonyl (C=O) groups excluding carboxylic acids is 1. The van der Waals surface area contributed by atoms with Gasteiger partial charge in [-0.2, -0.15) is 0 Å². The Hall–Kier alpha value is -2.95. The van der Waals surface area contributed by atoms with E-state index < -0.39 is 0 Å². The maximum Gasteiger partial charge on any atom is 0.270 e. The molecule has 3 aromatic rings. The zero-order valence-corrected chi connectivity index (χ0v) is 14.4. The molecule has 1 N–H and O–H groups in total. The molecule has 2 aromatic heterocycles. The molecule has 0 unspecified atom stereocenters. The summed E-state index contributed by atoms with van der Waals surface area (Å²) in [7, 11) is 0. The largest absolute Gasteiger partial charge is 0.490 e. The van der Waals surface area contributed by atoms with Crippen LogP contribution in [0, 0.1) is 0 Å². The van der Waals surface area contributed by atoms with E-state index in [1.165, 1.54) is 0 Å². The van der Waals surface area contributed by atoms with Crippen molar-refractivity contribution in [2.45, 2.75) is 32.9 Å². The number of carbonyl (C=O) groups is 1. The smallest absolute Gasteiger partial charge is 0.270 e. The van der Waals surface area contributed by atoms with Gasteiger partial charge in [0.1, 0.15) is 11.4 Å². The molecule has 3 rings (SSSR count). The minimum absolute atomic E-state index is 0.132. The third kappa shape index (κ3) is 4.12. The quantitative estimate of drug-likeness (QED) is 0.745. The average Bonchev–Trinajstić information content (AvgIpc) is 2.66. The van der Waals surface area contributed by atoms with Gasteiger partial charge in [-0.25, -0.2) is 4.98 Å². The van der Waals surface area contributed by atoms with Crippen molar-refractivity contribution in [3.63, 3.8) is 0 Å². The lowest BCUT2D eigenvalue weighted by atomic mass is 10.2. The van der Waals surface area contributed by atoms with Crippen LogP contribution >= 0.6 is 0 Å². The van der Waals surface area contributed by atoms with E-state index in [1.807, 2.05) is 37.3 Å². The van der Waals surface area contributed by atoms with E-state index in [1.54, 1.807) is 24.5 Å². The molecule has 128 valence electrons. The van der Waals surface area contributed by atoms with Gasteiger partial charge in [0.2, 0.25) is 0 Å². The zero-order valence-electron chi connectivity index (χ0n) is 14.4. The molecular formula is C20H21N3O2. The van der Waals surface area contributed by atoms with Crippen molar-refractivity contribution in [1.29, 1.82) is 0 Å². The van der Waals surface area contributed by atoms with E-state index in [-0.39, 0.29) is 12.0 Å². The maximum atomic E-state index is 12.4. The third-order valence-corrected chi connectivity index (χ3v) is 4.04. The monoisotopic (exact) mass is 335 g/mol. The Balaban J connectivity index is 1.71. The van der Waals surface area contributed by atoms with Crippen molar-refractivity contribution in [2.24, 2.45) is 0 Å². The van der Waals surface area contributed by atoms with E-state index in [4.69, 9.17) is 4.74 Å². The Morgan fingerprint density at radius 1 is 1.20 bits per heavy atom. The van der Waals surface area contributed by atoms with Crippen molar-refractivity contribution in [3.8, 4) is 5.75 Å². The van der Waals surface area contributed by atoms with E-state index >= 15 is 0 Å². The van der Waals surface area contributed by atoms with E-state index in [0.717, 1.165) is 28.6 Å². The molecule has 0 aliphatic rings. The fourth-order valence-corrected chi connectivity index (χ4v) is 2.42. The van der Waals surface area contributed by atoms with Crippen LogP contribution in [-0.2, 0) is 6.54 Å². The first-order chi connectivity index (χ1) is 12.2. The lowest BCUT2D eigenvalue weighted by Gasteiger charge is -2.16. The SMILES string of the molecule is CC[C@@H](C)Oc1ccccc1CNC(=O)c1ccc2cnccc2n1. The number of rotatable bonds is 6. The number of nitrogens with one attached hydrogen (secondary N) is 1. The Morgan fingerprint density at radius 2 is 2.04 bits per heavy atom. The number of pyridine rings is 2. The van der Waals surface area contributed by atoms with Crippen LogP contribution in [0.4, 0.5) is 0 Å².